The summed E-state index contributed by atoms with van der Waals surface area (Å²) >= 11 is 0. The number of aromatic carboxylic acids is 1. The molecule has 0 bridgehead atoms. The Morgan fingerprint density at radius 1 is 0.923 bits per heavy atom. The zero-order chi connectivity index (χ0) is 18.8. The summed E-state index contributed by atoms with van der Waals surface area (Å²) in [5.74, 6) is -1.06. The summed E-state index contributed by atoms with van der Waals surface area (Å²) in [4.78, 5) is 23.4. The average molecular weight is 354 g/mol. The van der Waals surface area contributed by atoms with Gasteiger partial charge >= 0.3 is 11.9 Å². The van der Waals surface area contributed by atoms with E-state index in [2.05, 4.69) is 6.92 Å². The van der Waals surface area contributed by atoms with Gasteiger partial charge in [0.15, 0.2) is 0 Å². The normalized spacial score (nSPS) is 10.5. The minimum Gasteiger partial charge on any atom is -0.478 e. The van der Waals surface area contributed by atoms with Gasteiger partial charge in [-0.1, -0.05) is 69.4 Å². The molecule has 26 heavy (non-hydrogen) atoms. The molecule has 2 rings (SSSR count). The van der Waals surface area contributed by atoms with Crippen molar-refractivity contribution in [3.8, 4) is 16.9 Å². The van der Waals surface area contributed by atoms with E-state index in [1.165, 1.54) is 31.4 Å². The summed E-state index contributed by atoms with van der Waals surface area (Å²) in [6, 6.07) is 14.1. The van der Waals surface area contributed by atoms with Crippen LogP contribution in [-0.4, -0.2) is 17.0 Å². The maximum atomic E-state index is 12.2. The number of carbonyl (C=O) groups is 2. The summed E-state index contributed by atoms with van der Waals surface area (Å²) < 4.78 is 5.52. The minimum atomic E-state index is -1.04. The number of esters is 1. The third-order valence-corrected chi connectivity index (χ3v) is 4.27. The first-order chi connectivity index (χ1) is 12.6. The Balaban J connectivity index is 2.05. The molecule has 1 N–H and O–H groups in total. The molecule has 0 saturated carbocycles. The Morgan fingerprint density at radius 2 is 1.62 bits per heavy atom. The second kappa shape index (κ2) is 10.4. The number of carboxylic acid groups (broad SMARTS) is 1. The maximum absolute atomic E-state index is 12.2. The van der Waals surface area contributed by atoms with Gasteiger partial charge in [-0.3, -0.25) is 4.79 Å². The molecule has 0 aliphatic heterocycles. The third kappa shape index (κ3) is 6.03. The number of unbranched alkanes of at least 4 members (excludes halogenated alkanes) is 5. The van der Waals surface area contributed by atoms with Crippen molar-refractivity contribution in [1.29, 1.82) is 0 Å². The molecular formula is C22H26O4. The second-order valence-corrected chi connectivity index (χ2v) is 6.37. The number of hydrogen-bond acceptors (Lipinski definition) is 3. The van der Waals surface area contributed by atoms with Crippen molar-refractivity contribution in [1.82, 2.24) is 0 Å². The van der Waals surface area contributed by atoms with Gasteiger partial charge in [0, 0.05) is 12.0 Å². The predicted molar refractivity (Wildman–Crippen MR) is 102 cm³/mol. The number of hydrogen-bond donors (Lipinski definition) is 1. The first-order valence-electron chi connectivity index (χ1n) is 9.25. The molecule has 4 heteroatoms. The highest BCUT2D eigenvalue weighted by atomic mass is 16.5. The smallest absolute Gasteiger partial charge is 0.335 e. The van der Waals surface area contributed by atoms with E-state index in [1.54, 1.807) is 6.07 Å². The summed E-state index contributed by atoms with van der Waals surface area (Å²) in [5.41, 5.74) is 1.70. The van der Waals surface area contributed by atoms with E-state index in [1.807, 2.05) is 30.3 Å². The highest BCUT2D eigenvalue weighted by molar-refractivity contribution is 5.90. The lowest BCUT2D eigenvalue weighted by Crippen LogP contribution is -2.09. The van der Waals surface area contributed by atoms with Crippen LogP contribution in [0, 0.1) is 0 Å². The molecule has 4 nitrogen and oxygen atoms in total. The largest absolute Gasteiger partial charge is 0.478 e. The minimum absolute atomic E-state index is 0.104. The molecule has 2 aromatic carbocycles. The molecule has 0 aliphatic carbocycles. The first-order valence-corrected chi connectivity index (χ1v) is 9.25. The van der Waals surface area contributed by atoms with Gasteiger partial charge in [-0.2, -0.15) is 0 Å². The van der Waals surface area contributed by atoms with Crippen LogP contribution in [0.25, 0.3) is 11.1 Å². The molecule has 0 saturated heterocycles. The Morgan fingerprint density at radius 3 is 2.31 bits per heavy atom. The average Bonchev–Trinajstić information content (AvgIpc) is 2.65. The van der Waals surface area contributed by atoms with Crippen LogP contribution in [0.4, 0.5) is 0 Å². The number of benzene rings is 2. The molecule has 0 aliphatic rings. The summed E-state index contributed by atoms with van der Waals surface area (Å²) in [6.07, 6.45) is 6.90. The topological polar surface area (TPSA) is 63.6 Å². The van der Waals surface area contributed by atoms with E-state index in [-0.39, 0.29) is 11.5 Å². The number of carboxylic acids is 1. The van der Waals surface area contributed by atoms with Gasteiger partial charge in [-0.25, -0.2) is 4.79 Å². The van der Waals surface area contributed by atoms with Crippen LogP contribution in [0.15, 0.2) is 48.5 Å². The van der Waals surface area contributed by atoms with Crippen molar-refractivity contribution in [3.63, 3.8) is 0 Å². The fraction of sp³-hybridized carbons (Fsp3) is 0.364. The number of ether oxygens (including phenoxy) is 1. The number of carbonyl (C=O) groups excluding carboxylic acids is 1. The molecule has 0 unspecified atom stereocenters. The molecule has 0 amide bonds. The summed E-state index contributed by atoms with van der Waals surface area (Å²) in [5, 5.41) is 9.21. The Labute approximate surface area is 154 Å². The van der Waals surface area contributed by atoms with Crippen LogP contribution in [-0.2, 0) is 4.79 Å². The van der Waals surface area contributed by atoms with Crippen molar-refractivity contribution >= 4 is 11.9 Å². The lowest BCUT2D eigenvalue weighted by Gasteiger charge is -2.11. The van der Waals surface area contributed by atoms with Gasteiger partial charge in [0.2, 0.25) is 0 Å². The maximum Gasteiger partial charge on any atom is 0.335 e. The van der Waals surface area contributed by atoms with Gasteiger partial charge < -0.3 is 9.84 Å². The second-order valence-electron chi connectivity index (χ2n) is 6.37. The van der Waals surface area contributed by atoms with Gasteiger partial charge in [-0.05, 0) is 30.2 Å². The van der Waals surface area contributed by atoms with Crippen molar-refractivity contribution in [3.05, 3.63) is 54.1 Å². The molecular weight excluding hydrogens is 328 g/mol. The summed E-state index contributed by atoms with van der Waals surface area (Å²) in [7, 11) is 0. The fourth-order valence-electron chi connectivity index (χ4n) is 2.82. The Bertz CT molecular complexity index is 722. The molecule has 0 aromatic heterocycles. The van der Waals surface area contributed by atoms with Crippen LogP contribution < -0.4 is 4.74 Å². The Hall–Kier alpha value is -2.62. The van der Waals surface area contributed by atoms with Crippen LogP contribution in [0.5, 0.6) is 5.75 Å². The quantitative estimate of drug-likeness (QED) is 0.337. The molecule has 0 spiro atoms. The number of rotatable bonds is 10. The monoisotopic (exact) mass is 354 g/mol. The lowest BCUT2D eigenvalue weighted by atomic mass is 10.0. The van der Waals surface area contributed by atoms with E-state index < -0.39 is 5.97 Å². The molecule has 2 aromatic rings. The van der Waals surface area contributed by atoms with Crippen LogP contribution in [0.3, 0.4) is 0 Å². The SMILES string of the molecule is CCCCCCCCC(=O)Oc1cc(C(=O)O)ccc1-c1ccccc1. The van der Waals surface area contributed by atoms with Crippen molar-refractivity contribution in [2.75, 3.05) is 0 Å². The highest BCUT2D eigenvalue weighted by Crippen LogP contribution is 2.31. The van der Waals surface area contributed by atoms with E-state index in [0.29, 0.717) is 17.7 Å². The molecule has 0 fully saturated rings. The van der Waals surface area contributed by atoms with Crippen LogP contribution in [0.2, 0.25) is 0 Å². The zero-order valence-electron chi connectivity index (χ0n) is 15.2. The van der Waals surface area contributed by atoms with Crippen LogP contribution in [0.1, 0.15) is 62.2 Å². The van der Waals surface area contributed by atoms with E-state index >= 15 is 0 Å². The zero-order valence-corrected chi connectivity index (χ0v) is 15.2. The highest BCUT2D eigenvalue weighted by Gasteiger charge is 2.14. The fourth-order valence-corrected chi connectivity index (χ4v) is 2.82. The lowest BCUT2D eigenvalue weighted by molar-refractivity contribution is -0.134. The standard InChI is InChI=1S/C22H26O4/c1-2-3-4-5-6-10-13-21(23)26-20-16-18(22(24)25)14-15-19(20)17-11-8-7-9-12-17/h7-9,11-12,14-16H,2-6,10,13H2,1H3,(H,24,25). The Kier molecular flexibility index (Phi) is 7.87. The van der Waals surface area contributed by atoms with Gasteiger partial charge in [0.1, 0.15) is 5.75 Å². The van der Waals surface area contributed by atoms with Crippen molar-refractivity contribution < 1.29 is 19.4 Å². The van der Waals surface area contributed by atoms with Crippen molar-refractivity contribution in [2.24, 2.45) is 0 Å². The van der Waals surface area contributed by atoms with Gasteiger partial charge in [0.25, 0.3) is 0 Å². The molecule has 0 heterocycles. The van der Waals surface area contributed by atoms with Crippen molar-refractivity contribution in [2.45, 2.75) is 51.9 Å². The summed E-state index contributed by atoms with van der Waals surface area (Å²) in [6.45, 7) is 2.17. The van der Waals surface area contributed by atoms with E-state index in [9.17, 15) is 14.7 Å². The van der Waals surface area contributed by atoms with E-state index in [4.69, 9.17) is 4.74 Å². The first kappa shape index (κ1) is 19.7. The van der Waals surface area contributed by atoms with E-state index in [0.717, 1.165) is 24.8 Å². The predicted octanol–water partition coefficient (Wildman–Crippen LogP) is 5.71. The molecule has 0 radical (unpaired) electrons. The van der Waals surface area contributed by atoms with Gasteiger partial charge in [0.05, 0.1) is 5.56 Å². The third-order valence-electron chi connectivity index (χ3n) is 4.27. The molecule has 0 atom stereocenters. The molecule has 138 valence electrons. The van der Waals surface area contributed by atoms with Crippen LogP contribution >= 0.6 is 0 Å². The van der Waals surface area contributed by atoms with Gasteiger partial charge in [-0.15, -0.1) is 0 Å².